The summed E-state index contributed by atoms with van der Waals surface area (Å²) in [5, 5.41) is 14.5. The van der Waals surface area contributed by atoms with E-state index in [-0.39, 0.29) is 5.48 Å². The van der Waals surface area contributed by atoms with Gasteiger partial charge in [-0.3, -0.25) is 0 Å². The molecule has 0 aliphatic rings. The second-order valence-corrected chi connectivity index (χ2v) is 9.28. The van der Waals surface area contributed by atoms with Gasteiger partial charge in [-0.15, -0.1) is 5.48 Å². The maximum absolute atomic E-state index is 13.2. The molecule has 2 rings (SSSR count). The van der Waals surface area contributed by atoms with Crippen LogP contribution in [0.2, 0.25) is 10.0 Å². The molecule has 7 heteroatoms. The molecule has 0 saturated heterocycles. The third-order valence-corrected chi connectivity index (χ3v) is 6.40. The standard InChI is InChI=1S/C25H33Cl2O4P/c1-4-7-13-29-18-16-21(30-14-8-5-2)24(22(17-18)31-15-9-6-3)32-25(28)23-19(26)11-10-12-20(23)27/h10-12,16-17,28H,4-9,13-15H2,1-3H3/p-1. The van der Waals surface area contributed by atoms with Crippen LogP contribution in [0.15, 0.2) is 30.3 Å². The summed E-state index contributed by atoms with van der Waals surface area (Å²) in [5.74, 6) is 1.87. The molecule has 0 saturated carbocycles. The van der Waals surface area contributed by atoms with E-state index in [9.17, 15) is 5.11 Å². The lowest BCUT2D eigenvalue weighted by molar-refractivity contribution is -0.206. The molecule has 32 heavy (non-hydrogen) atoms. The van der Waals surface area contributed by atoms with Gasteiger partial charge in [-0.25, -0.2) is 0 Å². The molecule has 2 aromatic rings. The van der Waals surface area contributed by atoms with E-state index in [1.165, 1.54) is 0 Å². The van der Waals surface area contributed by atoms with Gasteiger partial charge in [0.25, 0.3) is 0 Å². The molecule has 0 bridgehead atoms. The molecule has 0 aliphatic heterocycles. The second-order valence-electron chi connectivity index (χ2n) is 7.39. The zero-order valence-corrected chi connectivity index (χ0v) is 21.5. The Labute approximate surface area is 203 Å². The Morgan fingerprint density at radius 3 is 1.75 bits per heavy atom. The van der Waals surface area contributed by atoms with E-state index in [0.717, 1.165) is 38.5 Å². The summed E-state index contributed by atoms with van der Waals surface area (Å²) in [6.07, 6.45) is 5.84. The minimum Gasteiger partial charge on any atom is -0.823 e. The highest BCUT2D eigenvalue weighted by molar-refractivity contribution is 7.49. The van der Waals surface area contributed by atoms with Crippen molar-refractivity contribution in [2.75, 3.05) is 19.8 Å². The van der Waals surface area contributed by atoms with Crippen molar-refractivity contribution >= 4 is 42.2 Å². The van der Waals surface area contributed by atoms with Gasteiger partial charge in [0.2, 0.25) is 0 Å². The van der Waals surface area contributed by atoms with E-state index >= 15 is 0 Å². The van der Waals surface area contributed by atoms with Crippen molar-refractivity contribution in [3.8, 4) is 17.2 Å². The van der Waals surface area contributed by atoms with E-state index < -0.39 is 0 Å². The molecule has 0 N–H and O–H groups in total. The van der Waals surface area contributed by atoms with E-state index in [2.05, 4.69) is 20.8 Å². The zero-order chi connectivity index (χ0) is 23.3. The van der Waals surface area contributed by atoms with Crippen LogP contribution in [0.3, 0.4) is 0 Å². The Kier molecular flexibility index (Phi) is 12.3. The monoisotopic (exact) mass is 497 g/mol. The van der Waals surface area contributed by atoms with Crippen LogP contribution < -0.4 is 24.6 Å². The zero-order valence-electron chi connectivity index (χ0n) is 19.1. The molecule has 0 aromatic heterocycles. The lowest BCUT2D eigenvalue weighted by Crippen LogP contribution is -2.20. The fourth-order valence-corrected chi connectivity index (χ4v) is 4.55. The quantitative estimate of drug-likeness (QED) is 0.217. The van der Waals surface area contributed by atoms with Crippen LogP contribution in [0.5, 0.6) is 17.2 Å². The van der Waals surface area contributed by atoms with Gasteiger partial charge in [0.1, 0.15) is 17.2 Å². The van der Waals surface area contributed by atoms with Gasteiger partial charge < -0.3 is 19.3 Å². The molecule has 0 amide bonds. The second kappa shape index (κ2) is 14.6. The lowest BCUT2D eigenvalue weighted by atomic mass is 10.2. The predicted octanol–water partition coefficient (Wildman–Crippen LogP) is 6.64. The highest BCUT2D eigenvalue weighted by Gasteiger charge is 2.15. The first kappa shape index (κ1) is 26.8. The van der Waals surface area contributed by atoms with Crippen molar-refractivity contribution in [1.29, 1.82) is 0 Å². The Morgan fingerprint density at radius 2 is 1.28 bits per heavy atom. The van der Waals surface area contributed by atoms with Crippen LogP contribution in [0.4, 0.5) is 0 Å². The van der Waals surface area contributed by atoms with Gasteiger partial charge in [0.05, 0.1) is 25.1 Å². The van der Waals surface area contributed by atoms with Crippen molar-refractivity contribution in [3.05, 3.63) is 45.9 Å². The number of rotatable bonds is 14. The molecule has 4 nitrogen and oxygen atoms in total. The summed E-state index contributed by atoms with van der Waals surface area (Å²) in [5.41, 5.74) is 0.0979. The Morgan fingerprint density at radius 1 is 0.812 bits per heavy atom. The summed E-state index contributed by atoms with van der Waals surface area (Å²) < 4.78 is 18.1. The summed E-state index contributed by atoms with van der Waals surface area (Å²) in [4.78, 5) is 0. The van der Waals surface area contributed by atoms with E-state index in [0.29, 0.717) is 66.2 Å². The normalized spacial score (nSPS) is 11.5. The maximum Gasteiger partial charge on any atom is 0.138 e. The van der Waals surface area contributed by atoms with Gasteiger partial charge in [-0.2, -0.15) is 0 Å². The molecular weight excluding hydrogens is 466 g/mol. The van der Waals surface area contributed by atoms with Crippen LogP contribution in [0, 0.1) is 0 Å². The summed E-state index contributed by atoms with van der Waals surface area (Å²) in [7, 11) is 0.387. The number of unbranched alkanes of at least 4 members (excludes halogenated alkanes) is 3. The number of halogens is 2. The van der Waals surface area contributed by atoms with Crippen LogP contribution in [0.25, 0.3) is 0 Å². The maximum atomic E-state index is 13.2. The third-order valence-electron chi connectivity index (χ3n) is 4.68. The molecule has 0 aliphatic carbocycles. The third kappa shape index (κ3) is 8.15. The van der Waals surface area contributed by atoms with Crippen molar-refractivity contribution in [3.63, 3.8) is 0 Å². The lowest BCUT2D eigenvalue weighted by Gasteiger charge is -2.20. The topological polar surface area (TPSA) is 50.8 Å². The Balaban J connectivity index is 2.53. The molecule has 2 aromatic carbocycles. The average molecular weight is 498 g/mol. The van der Waals surface area contributed by atoms with Crippen LogP contribution in [-0.2, 0) is 0 Å². The fraction of sp³-hybridized carbons (Fsp3) is 0.480. The van der Waals surface area contributed by atoms with Crippen molar-refractivity contribution < 1.29 is 19.3 Å². The van der Waals surface area contributed by atoms with Gasteiger partial charge in [-0.05, 0) is 31.4 Å². The summed E-state index contributed by atoms with van der Waals surface area (Å²) in [6.45, 7) is 8.05. The molecule has 0 heterocycles. The summed E-state index contributed by atoms with van der Waals surface area (Å²) >= 11 is 12.6. The molecule has 0 unspecified atom stereocenters. The minimum absolute atomic E-state index is 0.207. The van der Waals surface area contributed by atoms with E-state index in [1.54, 1.807) is 18.2 Å². The molecule has 0 atom stereocenters. The largest absolute Gasteiger partial charge is 0.823 e. The van der Waals surface area contributed by atoms with Gasteiger partial charge in [0.15, 0.2) is 0 Å². The number of hydrogen-bond donors (Lipinski definition) is 0. The van der Waals surface area contributed by atoms with Gasteiger partial charge >= 0.3 is 0 Å². The first-order valence-corrected chi connectivity index (χ1v) is 12.9. The van der Waals surface area contributed by atoms with Crippen LogP contribution >= 0.6 is 31.4 Å². The smallest absolute Gasteiger partial charge is 0.138 e. The highest BCUT2D eigenvalue weighted by Crippen LogP contribution is 2.33. The number of ether oxygens (including phenoxy) is 3. The predicted molar refractivity (Wildman–Crippen MR) is 135 cm³/mol. The summed E-state index contributed by atoms with van der Waals surface area (Å²) in [6, 6.07) is 8.75. The number of hydrogen-bond acceptors (Lipinski definition) is 4. The van der Waals surface area contributed by atoms with Crippen LogP contribution in [-0.4, -0.2) is 25.3 Å². The highest BCUT2D eigenvalue weighted by atomic mass is 35.5. The Bertz CT molecular complexity index is 835. The Hall–Kier alpha value is -1.45. The molecule has 176 valence electrons. The average Bonchev–Trinajstić information content (AvgIpc) is 2.76. The first-order valence-electron chi connectivity index (χ1n) is 11.3. The fourth-order valence-electron chi connectivity index (χ4n) is 2.82. The van der Waals surface area contributed by atoms with Gasteiger partial charge in [0, 0.05) is 27.7 Å². The molecule has 0 radical (unpaired) electrons. The molecule has 0 spiro atoms. The van der Waals surface area contributed by atoms with Crippen molar-refractivity contribution in [2.24, 2.45) is 0 Å². The van der Waals surface area contributed by atoms with Crippen molar-refractivity contribution in [2.45, 2.75) is 59.3 Å². The van der Waals surface area contributed by atoms with Crippen molar-refractivity contribution in [1.82, 2.24) is 0 Å². The molecular formula is C25H32Cl2O4P-. The minimum atomic E-state index is -0.207. The van der Waals surface area contributed by atoms with Crippen LogP contribution in [0.1, 0.15) is 64.9 Å². The van der Waals surface area contributed by atoms with E-state index in [1.807, 2.05) is 12.1 Å². The first-order chi connectivity index (χ1) is 15.5. The van der Waals surface area contributed by atoms with E-state index in [4.69, 9.17) is 37.4 Å². The number of benzene rings is 2. The van der Waals surface area contributed by atoms with Gasteiger partial charge in [-0.1, -0.05) is 77.5 Å². The molecule has 0 fully saturated rings. The SMILES string of the molecule is CCCCOc1cc(OCCCC)c(P=C([O-])c2c(Cl)cccc2Cl)c(OCCCC)c1.